The Labute approximate surface area is 188 Å². The van der Waals surface area contributed by atoms with Crippen LogP contribution in [0.15, 0.2) is 77.7 Å². The van der Waals surface area contributed by atoms with Gasteiger partial charge in [-0.2, -0.15) is 0 Å². The average Bonchev–Trinajstić information content (AvgIpc) is 2.76. The van der Waals surface area contributed by atoms with Crippen LogP contribution in [0.4, 0.5) is 5.69 Å². The van der Waals surface area contributed by atoms with Crippen molar-refractivity contribution in [2.75, 3.05) is 11.9 Å². The van der Waals surface area contributed by atoms with Crippen molar-refractivity contribution in [3.05, 3.63) is 94.5 Å². The molecule has 31 heavy (non-hydrogen) atoms. The number of hydrogen-bond donors (Lipinski definition) is 2. The normalized spacial score (nSPS) is 11.3. The number of halogens is 1. The summed E-state index contributed by atoms with van der Waals surface area (Å²) in [5, 5.41) is 3.43. The van der Waals surface area contributed by atoms with Crippen LogP contribution >= 0.6 is 11.6 Å². The van der Waals surface area contributed by atoms with Crippen LogP contribution in [0, 0.1) is 6.92 Å². The van der Waals surface area contributed by atoms with Gasteiger partial charge in [0.05, 0.1) is 4.90 Å². The Morgan fingerprint density at radius 2 is 1.58 bits per heavy atom. The van der Waals surface area contributed by atoms with Gasteiger partial charge in [-0.05, 0) is 60.7 Å². The van der Waals surface area contributed by atoms with Crippen LogP contribution in [-0.2, 0) is 27.7 Å². The van der Waals surface area contributed by atoms with Gasteiger partial charge in [0.1, 0.15) is 0 Å². The third-order valence-electron chi connectivity index (χ3n) is 4.88. The Kier molecular flexibility index (Phi) is 7.85. The smallest absolute Gasteiger partial charge is 0.240 e. The van der Waals surface area contributed by atoms with E-state index in [-0.39, 0.29) is 17.2 Å². The van der Waals surface area contributed by atoms with E-state index in [0.717, 1.165) is 16.7 Å². The summed E-state index contributed by atoms with van der Waals surface area (Å²) >= 11 is 6.08. The number of rotatable bonds is 9. The molecule has 0 atom stereocenters. The molecular weight excluding hydrogens is 432 g/mol. The van der Waals surface area contributed by atoms with E-state index < -0.39 is 10.0 Å². The molecule has 3 aromatic rings. The van der Waals surface area contributed by atoms with Gasteiger partial charge in [-0.15, -0.1) is 0 Å². The third-order valence-corrected chi connectivity index (χ3v) is 6.76. The highest BCUT2D eigenvalue weighted by Crippen LogP contribution is 2.20. The zero-order valence-corrected chi connectivity index (χ0v) is 18.8. The number of nitrogens with one attached hydrogen (secondary N) is 2. The van der Waals surface area contributed by atoms with E-state index in [1.54, 1.807) is 30.3 Å². The van der Waals surface area contributed by atoms with Crippen LogP contribution in [0.2, 0.25) is 5.02 Å². The van der Waals surface area contributed by atoms with E-state index in [0.29, 0.717) is 30.1 Å². The first-order chi connectivity index (χ1) is 14.8. The molecule has 0 aliphatic carbocycles. The van der Waals surface area contributed by atoms with E-state index in [1.807, 2.05) is 49.4 Å². The SMILES string of the molecule is Cc1ccc(NC(=O)CCc2ccc(S(=O)(=O)NCCc3ccccc3)cc2)cc1Cl. The molecule has 0 aromatic heterocycles. The Morgan fingerprint density at radius 3 is 2.26 bits per heavy atom. The fraction of sp³-hybridized carbons (Fsp3) is 0.208. The number of carbonyl (C=O) groups is 1. The molecule has 5 nitrogen and oxygen atoms in total. The van der Waals surface area contributed by atoms with Crippen LogP contribution in [0.3, 0.4) is 0 Å². The molecule has 7 heteroatoms. The maximum atomic E-state index is 12.5. The molecule has 162 valence electrons. The molecule has 0 heterocycles. The maximum Gasteiger partial charge on any atom is 0.240 e. The van der Waals surface area contributed by atoms with Gasteiger partial charge in [0.2, 0.25) is 15.9 Å². The number of carbonyl (C=O) groups excluding carboxylic acids is 1. The van der Waals surface area contributed by atoms with Gasteiger partial charge in [-0.3, -0.25) is 4.79 Å². The lowest BCUT2D eigenvalue weighted by Gasteiger charge is -2.09. The predicted molar refractivity (Wildman–Crippen MR) is 125 cm³/mol. The number of anilines is 1. The molecule has 0 aliphatic rings. The molecule has 1 amide bonds. The number of aryl methyl sites for hydroxylation is 2. The Bertz CT molecular complexity index is 1130. The molecule has 0 bridgehead atoms. The zero-order chi connectivity index (χ0) is 22.3. The van der Waals surface area contributed by atoms with Gasteiger partial charge in [-0.1, -0.05) is 60.1 Å². The lowest BCUT2D eigenvalue weighted by molar-refractivity contribution is -0.116. The molecule has 0 saturated carbocycles. The standard InChI is InChI=1S/C24H25ClN2O3S/c1-18-7-11-21(17-23(18)25)27-24(28)14-10-20-8-12-22(13-9-20)31(29,30)26-16-15-19-5-3-2-4-6-19/h2-9,11-13,17,26H,10,14-16H2,1H3,(H,27,28). The highest BCUT2D eigenvalue weighted by molar-refractivity contribution is 7.89. The third kappa shape index (κ3) is 6.92. The van der Waals surface area contributed by atoms with E-state index in [4.69, 9.17) is 11.6 Å². The summed E-state index contributed by atoms with van der Waals surface area (Å²) in [5.74, 6) is -0.126. The fourth-order valence-electron chi connectivity index (χ4n) is 3.04. The molecular formula is C24H25ClN2O3S. The van der Waals surface area contributed by atoms with Crippen molar-refractivity contribution in [1.82, 2.24) is 4.72 Å². The van der Waals surface area contributed by atoms with Crippen LogP contribution in [-0.4, -0.2) is 20.9 Å². The second-order valence-corrected chi connectivity index (χ2v) is 9.46. The summed E-state index contributed by atoms with van der Waals surface area (Å²) in [6.07, 6.45) is 1.42. The maximum absolute atomic E-state index is 12.5. The van der Waals surface area contributed by atoms with Crippen LogP contribution in [0.5, 0.6) is 0 Å². The molecule has 0 aliphatic heterocycles. The Hall–Kier alpha value is -2.67. The van der Waals surface area contributed by atoms with Crippen molar-refractivity contribution in [3.63, 3.8) is 0 Å². The topological polar surface area (TPSA) is 75.3 Å². The quantitative estimate of drug-likeness (QED) is 0.488. The molecule has 0 radical (unpaired) electrons. The predicted octanol–water partition coefficient (Wildman–Crippen LogP) is 4.74. The minimum Gasteiger partial charge on any atom is -0.326 e. The number of hydrogen-bond acceptors (Lipinski definition) is 3. The summed E-state index contributed by atoms with van der Waals surface area (Å²) in [4.78, 5) is 12.4. The fourth-order valence-corrected chi connectivity index (χ4v) is 4.26. The first-order valence-corrected chi connectivity index (χ1v) is 11.9. The minimum absolute atomic E-state index is 0.126. The summed E-state index contributed by atoms with van der Waals surface area (Å²) in [5.41, 5.74) is 3.57. The van der Waals surface area contributed by atoms with Crippen molar-refractivity contribution in [2.45, 2.75) is 31.1 Å². The van der Waals surface area contributed by atoms with Crippen LogP contribution < -0.4 is 10.0 Å². The second kappa shape index (κ2) is 10.6. The lowest BCUT2D eigenvalue weighted by Crippen LogP contribution is -2.26. The summed E-state index contributed by atoms with van der Waals surface area (Å²) < 4.78 is 27.6. The summed E-state index contributed by atoms with van der Waals surface area (Å²) in [6, 6.07) is 21.7. The van der Waals surface area contributed by atoms with Crippen molar-refractivity contribution in [2.24, 2.45) is 0 Å². The van der Waals surface area contributed by atoms with Gasteiger partial charge in [0.15, 0.2) is 0 Å². The summed E-state index contributed by atoms with van der Waals surface area (Å²) in [6.45, 7) is 2.23. The van der Waals surface area contributed by atoms with E-state index in [9.17, 15) is 13.2 Å². The molecule has 0 unspecified atom stereocenters. The monoisotopic (exact) mass is 456 g/mol. The minimum atomic E-state index is -3.57. The number of benzene rings is 3. The molecule has 0 fully saturated rings. The first-order valence-electron chi connectivity index (χ1n) is 10.0. The molecule has 0 saturated heterocycles. The Morgan fingerprint density at radius 1 is 0.903 bits per heavy atom. The zero-order valence-electron chi connectivity index (χ0n) is 17.3. The van der Waals surface area contributed by atoms with E-state index >= 15 is 0 Å². The van der Waals surface area contributed by atoms with Crippen molar-refractivity contribution < 1.29 is 13.2 Å². The van der Waals surface area contributed by atoms with Crippen molar-refractivity contribution in [3.8, 4) is 0 Å². The average molecular weight is 457 g/mol. The molecule has 2 N–H and O–H groups in total. The van der Waals surface area contributed by atoms with E-state index in [1.165, 1.54) is 0 Å². The number of amides is 1. The second-order valence-electron chi connectivity index (χ2n) is 7.29. The van der Waals surface area contributed by atoms with Gasteiger partial charge in [-0.25, -0.2) is 13.1 Å². The van der Waals surface area contributed by atoms with Gasteiger partial charge in [0.25, 0.3) is 0 Å². The molecule has 0 spiro atoms. The summed E-state index contributed by atoms with van der Waals surface area (Å²) in [7, 11) is -3.57. The van der Waals surface area contributed by atoms with Gasteiger partial charge >= 0.3 is 0 Å². The molecule has 3 aromatic carbocycles. The van der Waals surface area contributed by atoms with Crippen LogP contribution in [0.1, 0.15) is 23.1 Å². The van der Waals surface area contributed by atoms with Crippen LogP contribution in [0.25, 0.3) is 0 Å². The first kappa shape index (κ1) is 23.0. The Balaban J connectivity index is 1.49. The van der Waals surface area contributed by atoms with Crippen molar-refractivity contribution in [1.29, 1.82) is 0 Å². The number of sulfonamides is 1. The largest absolute Gasteiger partial charge is 0.326 e. The highest BCUT2D eigenvalue weighted by atomic mass is 35.5. The van der Waals surface area contributed by atoms with Gasteiger partial charge < -0.3 is 5.32 Å². The highest BCUT2D eigenvalue weighted by Gasteiger charge is 2.13. The molecule has 3 rings (SSSR count). The van der Waals surface area contributed by atoms with Crippen molar-refractivity contribution >= 4 is 33.2 Å². The van der Waals surface area contributed by atoms with Gasteiger partial charge in [0, 0.05) is 23.7 Å². The lowest BCUT2D eigenvalue weighted by atomic mass is 10.1. The van der Waals surface area contributed by atoms with E-state index in [2.05, 4.69) is 10.0 Å².